The van der Waals surface area contributed by atoms with Gasteiger partial charge in [-0.15, -0.1) is 11.3 Å². The van der Waals surface area contributed by atoms with Crippen LogP contribution in [0.4, 0.5) is 9.39 Å². The Morgan fingerprint density at radius 2 is 2.05 bits per heavy atom. The highest BCUT2D eigenvalue weighted by Crippen LogP contribution is 2.22. The zero-order valence-electron chi connectivity index (χ0n) is 12.3. The van der Waals surface area contributed by atoms with Gasteiger partial charge in [0.25, 0.3) is 0 Å². The van der Waals surface area contributed by atoms with Crippen molar-refractivity contribution < 1.29 is 9.18 Å². The zero-order valence-corrected chi connectivity index (χ0v) is 13.1. The lowest BCUT2D eigenvalue weighted by Crippen LogP contribution is -2.39. The highest BCUT2D eigenvalue weighted by Gasteiger charge is 2.19. The fourth-order valence-electron chi connectivity index (χ4n) is 2.08. The molecule has 2 N–H and O–H groups in total. The first-order chi connectivity index (χ1) is 10.5. The van der Waals surface area contributed by atoms with Crippen molar-refractivity contribution in [2.24, 2.45) is 0 Å². The van der Waals surface area contributed by atoms with Crippen LogP contribution in [-0.4, -0.2) is 11.9 Å². The van der Waals surface area contributed by atoms with E-state index in [-0.39, 0.29) is 17.8 Å². The number of nitrogens with zero attached hydrogens (tertiary/aromatic N) is 1. The fourth-order valence-corrected chi connectivity index (χ4v) is 2.82. The van der Waals surface area contributed by atoms with Crippen molar-refractivity contribution in [3.8, 4) is 6.07 Å². The molecule has 0 aliphatic heterocycles. The average Bonchev–Trinajstić information content (AvgIpc) is 2.94. The van der Waals surface area contributed by atoms with Crippen LogP contribution in [0.3, 0.4) is 0 Å². The number of benzene rings is 1. The normalized spacial score (nSPS) is 13.2. The summed E-state index contributed by atoms with van der Waals surface area (Å²) in [5.41, 5.74) is 0.948. The van der Waals surface area contributed by atoms with E-state index in [2.05, 4.69) is 10.6 Å². The lowest BCUT2D eigenvalue weighted by molar-refractivity contribution is -0.117. The molecule has 0 aliphatic carbocycles. The van der Waals surface area contributed by atoms with Crippen LogP contribution in [0.15, 0.2) is 35.7 Å². The molecule has 0 unspecified atom stereocenters. The molecule has 0 saturated carbocycles. The first-order valence-corrected chi connectivity index (χ1v) is 7.69. The summed E-state index contributed by atoms with van der Waals surface area (Å²) in [4.78, 5) is 12.2. The van der Waals surface area contributed by atoms with Crippen LogP contribution in [-0.2, 0) is 4.79 Å². The summed E-state index contributed by atoms with van der Waals surface area (Å²) in [6.07, 6.45) is 0. The standard InChI is InChI=1S/C16H16FN3OS/c1-10(13-5-3-4-6-14(13)17)19-11(2)15(21)20-16-12(9-18)7-8-22-16/h3-8,10-11,19H,1-2H3,(H,20,21)/t10-,11-/m1/s1. The van der Waals surface area contributed by atoms with E-state index in [0.29, 0.717) is 16.1 Å². The van der Waals surface area contributed by atoms with Gasteiger partial charge in [0.05, 0.1) is 11.6 Å². The van der Waals surface area contributed by atoms with Gasteiger partial charge >= 0.3 is 0 Å². The second-order valence-corrected chi connectivity index (χ2v) is 5.81. The van der Waals surface area contributed by atoms with Crippen molar-refractivity contribution >= 4 is 22.2 Å². The minimum Gasteiger partial charge on any atom is -0.315 e. The molecule has 1 amide bonds. The maximum Gasteiger partial charge on any atom is 0.241 e. The lowest BCUT2D eigenvalue weighted by atomic mass is 10.1. The number of nitrogens with one attached hydrogen (secondary N) is 2. The first kappa shape index (κ1) is 16.1. The third-order valence-electron chi connectivity index (χ3n) is 3.29. The van der Waals surface area contributed by atoms with Gasteiger partial charge in [-0.2, -0.15) is 5.26 Å². The molecule has 1 heterocycles. The molecular weight excluding hydrogens is 301 g/mol. The van der Waals surface area contributed by atoms with Crippen molar-refractivity contribution in [1.29, 1.82) is 5.26 Å². The van der Waals surface area contributed by atoms with Crippen LogP contribution in [0.5, 0.6) is 0 Å². The summed E-state index contributed by atoms with van der Waals surface area (Å²) >= 11 is 1.30. The maximum atomic E-state index is 13.7. The van der Waals surface area contributed by atoms with Gasteiger partial charge < -0.3 is 5.32 Å². The molecule has 2 rings (SSSR count). The van der Waals surface area contributed by atoms with E-state index in [1.54, 1.807) is 43.5 Å². The van der Waals surface area contributed by atoms with Crippen LogP contribution < -0.4 is 10.6 Å². The number of anilines is 1. The van der Waals surface area contributed by atoms with Crippen LogP contribution in [0.2, 0.25) is 0 Å². The summed E-state index contributed by atoms with van der Waals surface area (Å²) in [6, 6.07) is 9.30. The van der Waals surface area contributed by atoms with Gasteiger partial charge in [-0.1, -0.05) is 18.2 Å². The largest absolute Gasteiger partial charge is 0.315 e. The van der Waals surface area contributed by atoms with Gasteiger partial charge in [-0.3, -0.25) is 10.1 Å². The SMILES string of the molecule is C[C@@H](N[C@H](C)c1ccccc1F)C(=O)Nc1sccc1C#N. The minimum atomic E-state index is -0.525. The number of carbonyl (C=O) groups excluding carboxylic acids is 1. The molecule has 22 heavy (non-hydrogen) atoms. The molecule has 1 aromatic carbocycles. The van der Waals surface area contributed by atoms with E-state index >= 15 is 0 Å². The average molecular weight is 317 g/mol. The lowest BCUT2D eigenvalue weighted by Gasteiger charge is -2.20. The molecule has 0 saturated heterocycles. The molecule has 2 aromatic rings. The molecule has 4 nitrogen and oxygen atoms in total. The minimum absolute atomic E-state index is 0.262. The molecule has 0 aliphatic rings. The summed E-state index contributed by atoms with van der Waals surface area (Å²) in [5.74, 6) is -0.567. The topological polar surface area (TPSA) is 64.9 Å². The van der Waals surface area contributed by atoms with Crippen molar-refractivity contribution in [1.82, 2.24) is 5.32 Å². The number of hydrogen-bond acceptors (Lipinski definition) is 4. The van der Waals surface area contributed by atoms with Crippen molar-refractivity contribution in [3.05, 3.63) is 52.7 Å². The summed E-state index contributed by atoms with van der Waals surface area (Å²) in [6.45, 7) is 3.50. The Morgan fingerprint density at radius 1 is 1.32 bits per heavy atom. The van der Waals surface area contributed by atoms with E-state index in [9.17, 15) is 9.18 Å². The first-order valence-electron chi connectivity index (χ1n) is 6.82. The van der Waals surface area contributed by atoms with Crippen LogP contribution in [0, 0.1) is 17.1 Å². The van der Waals surface area contributed by atoms with Gasteiger partial charge in [0.2, 0.25) is 5.91 Å². The van der Waals surface area contributed by atoms with Crippen molar-refractivity contribution in [3.63, 3.8) is 0 Å². The molecule has 6 heteroatoms. The summed E-state index contributed by atoms with van der Waals surface area (Å²) < 4.78 is 13.7. The zero-order chi connectivity index (χ0) is 16.1. The number of rotatable bonds is 5. The molecule has 0 fully saturated rings. The Bertz CT molecular complexity index is 707. The quantitative estimate of drug-likeness (QED) is 0.888. The van der Waals surface area contributed by atoms with Gasteiger partial charge in [0.1, 0.15) is 16.9 Å². The Labute approximate surface area is 132 Å². The molecule has 0 spiro atoms. The fraction of sp³-hybridized carbons (Fsp3) is 0.250. The van der Waals surface area contributed by atoms with Crippen LogP contribution in [0.1, 0.15) is 31.0 Å². The van der Waals surface area contributed by atoms with E-state index in [0.717, 1.165) is 0 Å². The molecule has 1 aromatic heterocycles. The Kier molecular flexibility index (Phi) is 5.26. The predicted octanol–water partition coefficient (Wildman–Crippen LogP) is 3.44. The number of amides is 1. The highest BCUT2D eigenvalue weighted by molar-refractivity contribution is 7.14. The number of nitriles is 1. The third-order valence-corrected chi connectivity index (χ3v) is 4.12. The van der Waals surface area contributed by atoms with Gasteiger partial charge in [0.15, 0.2) is 0 Å². The second-order valence-electron chi connectivity index (χ2n) is 4.90. The monoisotopic (exact) mass is 317 g/mol. The number of hydrogen-bond donors (Lipinski definition) is 2. The Hall–Kier alpha value is -2.23. The molecule has 0 radical (unpaired) electrons. The molecule has 0 bridgehead atoms. The molecular formula is C16H16FN3OS. The number of thiophene rings is 1. The Balaban J connectivity index is 2.00. The highest BCUT2D eigenvalue weighted by atomic mass is 32.1. The van der Waals surface area contributed by atoms with E-state index in [1.807, 2.05) is 6.07 Å². The van der Waals surface area contributed by atoms with E-state index in [1.165, 1.54) is 17.4 Å². The van der Waals surface area contributed by atoms with E-state index in [4.69, 9.17) is 5.26 Å². The summed E-state index contributed by atoms with van der Waals surface area (Å²) in [5, 5.41) is 17.0. The van der Waals surface area contributed by atoms with Gasteiger partial charge in [0, 0.05) is 11.6 Å². The predicted molar refractivity (Wildman–Crippen MR) is 85.1 cm³/mol. The summed E-state index contributed by atoms with van der Waals surface area (Å²) in [7, 11) is 0. The number of halogens is 1. The number of carbonyl (C=O) groups is 1. The third kappa shape index (κ3) is 3.70. The Morgan fingerprint density at radius 3 is 2.73 bits per heavy atom. The van der Waals surface area contributed by atoms with Crippen molar-refractivity contribution in [2.75, 3.05) is 5.32 Å². The molecule has 114 valence electrons. The van der Waals surface area contributed by atoms with E-state index < -0.39 is 6.04 Å². The van der Waals surface area contributed by atoms with Crippen LogP contribution >= 0.6 is 11.3 Å². The maximum absolute atomic E-state index is 13.7. The second kappa shape index (κ2) is 7.16. The molecule has 2 atom stereocenters. The van der Waals surface area contributed by atoms with Crippen LogP contribution in [0.25, 0.3) is 0 Å². The van der Waals surface area contributed by atoms with Gasteiger partial charge in [-0.25, -0.2) is 4.39 Å². The van der Waals surface area contributed by atoms with Crippen molar-refractivity contribution in [2.45, 2.75) is 25.9 Å². The smallest absolute Gasteiger partial charge is 0.241 e. The van der Waals surface area contributed by atoms with Gasteiger partial charge in [-0.05, 0) is 31.4 Å².